The second-order valence-electron chi connectivity index (χ2n) is 7.60. The first-order valence-electron chi connectivity index (χ1n) is 9.27. The first-order chi connectivity index (χ1) is 12.2. The third kappa shape index (κ3) is 3.38. The zero-order chi connectivity index (χ0) is 17.4. The van der Waals surface area contributed by atoms with Crippen molar-refractivity contribution >= 4 is 0 Å². The third-order valence-electron chi connectivity index (χ3n) is 5.85. The van der Waals surface area contributed by atoms with Crippen LogP contribution in [-0.2, 0) is 0 Å². The molecule has 0 radical (unpaired) electrons. The van der Waals surface area contributed by atoms with Crippen LogP contribution in [-0.4, -0.2) is 37.7 Å². The van der Waals surface area contributed by atoms with E-state index in [4.69, 9.17) is 9.47 Å². The van der Waals surface area contributed by atoms with Gasteiger partial charge >= 0.3 is 0 Å². The van der Waals surface area contributed by atoms with Gasteiger partial charge < -0.3 is 14.4 Å². The Morgan fingerprint density at radius 1 is 0.880 bits per heavy atom. The van der Waals surface area contributed by atoms with Crippen LogP contribution in [0.2, 0.25) is 0 Å². The molecule has 0 N–H and O–H groups in total. The molecule has 2 aromatic rings. The summed E-state index contributed by atoms with van der Waals surface area (Å²) < 4.78 is 11.3. The average Bonchev–Trinajstić information content (AvgIpc) is 3.09. The van der Waals surface area contributed by atoms with Gasteiger partial charge in [0.15, 0.2) is 0 Å². The van der Waals surface area contributed by atoms with Crippen LogP contribution in [0.25, 0.3) is 11.1 Å². The molecule has 132 valence electrons. The van der Waals surface area contributed by atoms with Crippen LogP contribution >= 0.6 is 0 Å². The number of hydrogen-bond acceptors (Lipinski definition) is 3. The van der Waals surface area contributed by atoms with Crippen molar-refractivity contribution < 1.29 is 9.47 Å². The van der Waals surface area contributed by atoms with Gasteiger partial charge in [0.1, 0.15) is 11.5 Å². The van der Waals surface area contributed by atoms with Crippen LogP contribution in [0.3, 0.4) is 0 Å². The largest absolute Gasteiger partial charge is 0.497 e. The minimum Gasteiger partial charge on any atom is -0.497 e. The molecule has 0 amide bonds. The maximum absolute atomic E-state index is 6.05. The fourth-order valence-electron chi connectivity index (χ4n) is 4.07. The van der Waals surface area contributed by atoms with E-state index in [1.54, 1.807) is 7.11 Å². The Hall–Kier alpha value is -2.00. The minimum atomic E-state index is 0.680. The highest BCUT2D eigenvalue weighted by Crippen LogP contribution is 2.52. The predicted molar refractivity (Wildman–Crippen MR) is 101 cm³/mol. The van der Waals surface area contributed by atoms with Gasteiger partial charge in [-0.3, -0.25) is 0 Å². The van der Waals surface area contributed by atoms with Crippen molar-refractivity contribution in [2.75, 3.05) is 26.8 Å². The third-order valence-corrected chi connectivity index (χ3v) is 5.85. The second kappa shape index (κ2) is 6.72. The number of likely N-dealkylation sites (tertiary alicyclic amines) is 1. The average molecular weight is 337 g/mol. The van der Waals surface area contributed by atoms with E-state index < -0.39 is 0 Å². The molecular formula is C22H27NO2. The number of benzene rings is 2. The highest BCUT2D eigenvalue weighted by atomic mass is 16.5. The van der Waals surface area contributed by atoms with Crippen LogP contribution in [0, 0.1) is 17.8 Å². The molecule has 2 fully saturated rings. The maximum Gasteiger partial charge on any atom is 0.119 e. The molecule has 1 aliphatic heterocycles. The van der Waals surface area contributed by atoms with Crippen LogP contribution < -0.4 is 9.47 Å². The lowest BCUT2D eigenvalue weighted by Crippen LogP contribution is -2.31. The number of fused-ring (bicyclic) bond motifs is 1. The molecule has 2 aromatic carbocycles. The highest BCUT2D eigenvalue weighted by Gasteiger charge is 2.56. The predicted octanol–water partition coefficient (Wildman–Crippen LogP) is 4.33. The Balaban J connectivity index is 1.30. The van der Waals surface area contributed by atoms with E-state index in [9.17, 15) is 0 Å². The summed E-state index contributed by atoms with van der Waals surface area (Å²) in [6, 6.07) is 17.3. The molecule has 2 atom stereocenters. The number of piperidine rings is 1. The van der Waals surface area contributed by atoms with Crippen molar-refractivity contribution in [3.8, 4) is 22.6 Å². The summed E-state index contributed by atoms with van der Waals surface area (Å²) in [5, 5.41) is 0. The molecule has 1 saturated carbocycles. The van der Waals surface area contributed by atoms with E-state index in [1.807, 2.05) is 12.1 Å². The van der Waals surface area contributed by atoms with Crippen molar-refractivity contribution in [2.24, 2.45) is 17.8 Å². The van der Waals surface area contributed by atoms with Crippen LogP contribution in [0.1, 0.15) is 13.8 Å². The molecule has 2 unspecified atom stereocenters. The van der Waals surface area contributed by atoms with Gasteiger partial charge in [0.25, 0.3) is 0 Å². The van der Waals surface area contributed by atoms with Gasteiger partial charge in [-0.2, -0.15) is 0 Å². The number of rotatable bonds is 6. The Morgan fingerprint density at radius 3 is 1.88 bits per heavy atom. The molecule has 1 saturated heterocycles. The van der Waals surface area contributed by atoms with E-state index in [2.05, 4.69) is 55.1 Å². The van der Waals surface area contributed by atoms with Gasteiger partial charge in [-0.05, 0) is 61.1 Å². The lowest BCUT2D eigenvalue weighted by Gasteiger charge is -2.23. The smallest absolute Gasteiger partial charge is 0.119 e. The lowest BCUT2D eigenvalue weighted by atomic mass is 10.1. The molecule has 1 heterocycles. The summed E-state index contributed by atoms with van der Waals surface area (Å²) in [7, 11) is 1.69. The lowest BCUT2D eigenvalue weighted by molar-refractivity contribution is 0.206. The zero-order valence-corrected chi connectivity index (χ0v) is 15.3. The van der Waals surface area contributed by atoms with Crippen molar-refractivity contribution in [2.45, 2.75) is 19.9 Å². The van der Waals surface area contributed by atoms with Crippen molar-refractivity contribution in [3.05, 3.63) is 48.5 Å². The summed E-state index contributed by atoms with van der Waals surface area (Å²) in [6.45, 7) is 7.96. The minimum absolute atomic E-state index is 0.680. The molecule has 2 aliphatic rings. The molecular weight excluding hydrogens is 310 g/mol. The first kappa shape index (κ1) is 16.5. The van der Waals surface area contributed by atoms with Crippen molar-refractivity contribution in [1.29, 1.82) is 0 Å². The van der Waals surface area contributed by atoms with Crippen LogP contribution in [0.15, 0.2) is 48.5 Å². The molecule has 0 bridgehead atoms. The van der Waals surface area contributed by atoms with Crippen molar-refractivity contribution in [3.63, 3.8) is 0 Å². The van der Waals surface area contributed by atoms with Gasteiger partial charge in [0, 0.05) is 25.0 Å². The normalized spacial score (nSPS) is 25.0. The summed E-state index contributed by atoms with van der Waals surface area (Å²) in [5.41, 5.74) is 2.39. The Bertz CT molecular complexity index is 696. The number of ether oxygens (including phenoxy) is 2. The SMILES string of the molecule is COc1ccc(-c2ccc(OCC3C4CN(C(C)C)CC34)cc2)cc1. The zero-order valence-electron chi connectivity index (χ0n) is 15.3. The van der Waals surface area contributed by atoms with Gasteiger partial charge in [0.2, 0.25) is 0 Å². The highest BCUT2D eigenvalue weighted by molar-refractivity contribution is 5.64. The number of hydrogen-bond donors (Lipinski definition) is 0. The van der Waals surface area contributed by atoms with Crippen LogP contribution in [0.5, 0.6) is 11.5 Å². The Kier molecular flexibility index (Phi) is 4.43. The number of methoxy groups -OCH3 is 1. The van der Waals surface area contributed by atoms with E-state index >= 15 is 0 Å². The fraction of sp³-hybridized carbons (Fsp3) is 0.455. The van der Waals surface area contributed by atoms with E-state index in [0.29, 0.717) is 6.04 Å². The van der Waals surface area contributed by atoms with Gasteiger partial charge in [-0.15, -0.1) is 0 Å². The standard InChI is InChI=1S/C22H27NO2/c1-15(2)23-12-20-21(13-23)22(20)14-25-19-10-6-17(7-11-19)16-4-8-18(24-3)9-5-16/h4-11,15,20-22H,12-14H2,1-3H3. The van der Waals surface area contributed by atoms with Gasteiger partial charge in [-0.1, -0.05) is 24.3 Å². The summed E-state index contributed by atoms with van der Waals surface area (Å²) in [6.07, 6.45) is 0. The quantitative estimate of drug-likeness (QED) is 0.783. The van der Waals surface area contributed by atoms with Gasteiger partial charge in [0.05, 0.1) is 13.7 Å². The van der Waals surface area contributed by atoms with E-state index in [-0.39, 0.29) is 0 Å². The molecule has 0 aromatic heterocycles. The molecule has 25 heavy (non-hydrogen) atoms. The molecule has 0 spiro atoms. The van der Waals surface area contributed by atoms with Gasteiger partial charge in [-0.25, -0.2) is 0 Å². The fourth-order valence-corrected chi connectivity index (χ4v) is 4.07. The maximum atomic E-state index is 6.05. The number of nitrogens with zero attached hydrogens (tertiary/aromatic N) is 1. The molecule has 4 rings (SSSR count). The first-order valence-corrected chi connectivity index (χ1v) is 9.27. The monoisotopic (exact) mass is 337 g/mol. The second-order valence-corrected chi connectivity index (χ2v) is 7.60. The molecule has 3 heteroatoms. The molecule has 3 nitrogen and oxygen atoms in total. The van der Waals surface area contributed by atoms with E-state index in [0.717, 1.165) is 35.9 Å². The van der Waals surface area contributed by atoms with E-state index in [1.165, 1.54) is 24.2 Å². The Morgan fingerprint density at radius 2 is 1.40 bits per heavy atom. The van der Waals surface area contributed by atoms with Crippen molar-refractivity contribution in [1.82, 2.24) is 4.90 Å². The van der Waals surface area contributed by atoms with Crippen LogP contribution in [0.4, 0.5) is 0 Å². The summed E-state index contributed by atoms with van der Waals surface area (Å²) in [4.78, 5) is 2.59. The summed E-state index contributed by atoms with van der Waals surface area (Å²) in [5.74, 6) is 4.34. The Labute approximate surface area is 150 Å². The topological polar surface area (TPSA) is 21.7 Å². The molecule has 1 aliphatic carbocycles. The summed E-state index contributed by atoms with van der Waals surface area (Å²) >= 11 is 0.